The molecule has 2 aromatic carbocycles. The summed E-state index contributed by atoms with van der Waals surface area (Å²) in [5.41, 5.74) is 3.85. The number of ether oxygens (including phenoxy) is 1. The van der Waals surface area contributed by atoms with Crippen LogP contribution in [0.3, 0.4) is 0 Å². The van der Waals surface area contributed by atoms with E-state index in [4.69, 9.17) is 4.74 Å². The van der Waals surface area contributed by atoms with Crippen LogP contribution >= 0.6 is 0 Å². The lowest BCUT2D eigenvalue weighted by Gasteiger charge is -2.34. The number of aromatic nitrogens is 2. The summed E-state index contributed by atoms with van der Waals surface area (Å²) in [6, 6.07) is 19.1. The zero-order chi connectivity index (χ0) is 21.5. The molecule has 1 aliphatic rings. The fourth-order valence-corrected chi connectivity index (χ4v) is 4.62. The summed E-state index contributed by atoms with van der Waals surface area (Å²) in [4.78, 5) is 5.12. The molecule has 0 spiro atoms. The molecule has 4 rings (SSSR count). The molecule has 0 radical (unpaired) electrons. The van der Waals surface area contributed by atoms with Gasteiger partial charge in [0.05, 0.1) is 12.8 Å². The summed E-state index contributed by atoms with van der Waals surface area (Å²) in [6.45, 7) is 5.68. The average Bonchev–Trinajstić information content (AvgIpc) is 3.33. The van der Waals surface area contributed by atoms with Crippen LogP contribution in [0.15, 0.2) is 67.0 Å². The summed E-state index contributed by atoms with van der Waals surface area (Å²) in [7, 11) is 3.97. The van der Waals surface area contributed by atoms with Crippen LogP contribution in [0.1, 0.15) is 24.0 Å². The molecule has 2 heterocycles. The summed E-state index contributed by atoms with van der Waals surface area (Å²) in [5, 5.41) is 4.35. The third kappa shape index (κ3) is 6.18. The van der Waals surface area contributed by atoms with E-state index in [2.05, 4.69) is 70.5 Å². The third-order valence-electron chi connectivity index (χ3n) is 6.18. The molecule has 0 saturated carbocycles. The Morgan fingerprint density at radius 3 is 2.74 bits per heavy atom. The maximum absolute atomic E-state index is 5.26. The number of benzene rings is 2. The normalized spacial score (nSPS) is 17.2. The number of rotatable bonds is 9. The molecule has 1 saturated heterocycles. The van der Waals surface area contributed by atoms with Gasteiger partial charge in [0.25, 0.3) is 0 Å². The van der Waals surface area contributed by atoms with E-state index < -0.39 is 0 Å². The Hall–Kier alpha value is -2.63. The van der Waals surface area contributed by atoms with Gasteiger partial charge >= 0.3 is 0 Å². The summed E-state index contributed by atoms with van der Waals surface area (Å²) in [6.07, 6.45) is 7.55. The Balaban J connectivity index is 1.25. The topological polar surface area (TPSA) is 33.5 Å². The molecule has 1 atom stereocenters. The molecular weight excluding hydrogens is 384 g/mol. The first kappa shape index (κ1) is 21.6. The molecule has 5 nitrogen and oxygen atoms in total. The second-order valence-corrected chi connectivity index (χ2v) is 8.72. The van der Waals surface area contributed by atoms with Gasteiger partial charge in [-0.25, -0.2) is 4.68 Å². The van der Waals surface area contributed by atoms with Crippen LogP contribution in [0.5, 0.6) is 5.75 Å². The van der Waals surface area contributed by atoms with Crippen molar-refractivity contribution >= 4 is 0 Å². The van der Waals surface area contributed by atoms with Crippen LogP contribution in [-0.4, -0.2) is 59.9 Å². The van der Waals surface area contributed by atoms with Crippen LogP contribution in [0, 0.1) is 5.92 Å². The average molecular weight is 419 g/mol. The lowest BCUT2D eigenvalue weighted by atomic mass is 9.97. The van der Waals surface area contributed by atoms with Crippen molar-refractivity contribution in [3.63, 3.8) is 0 Å². The van der Waals surface area contributed by atoms with Crippen molar-refractivity contribution in [1.82, 2.24) is 19.6 Å². The second kappa shape index (κ2) is 10.6. The minimum atomic E-state index is 0.740. The number of piperidine rings is 1. The summed E-state index contributed by atoms with van der Waals surface area (Å²) in [5.74, 6) is 1.67. The monoisotopic (exact) mass is 418 g/mol. The Bertz CT molecular complexity index is 923. The number of nitrogens with zero attached hydrogens (tertiary/aromatic N) is 4. The Morgan fingerprint density at radius 1 is 1.10 bits per heavy atom. The van der Waals surface area contributed by atoms with Gasteiger partial charge in [-0.1, -0.05) is 24.3 Å². The fraction of sp³-hybridized carbons (Fsp3) is 0.423. The molecule has 0 aliphatic carbocycles. The summed E-state index contributed by atoms with van der Waals surface area (Å²) >= 11 is 0. The van der Waals surface area contributed by atoms with E-state index in [0.717, 1.165) is 43.4 Å². The van der Waals surface area contributed by atoms with Gasteiger partial charge in [0.1, 0.15) is 5.75 Å². The SMILES string of the molecule is COc1ccc(CCN2CCC[C@H](CN(C)Cc3cccc(-n4cccn4)c3)C2)cc1. The van der Waals surface area contributed by atoms with Crippen molar-refractivity contribution in [2.24, 2.45) is 5.92 Å². The molecular formula is C26H34N4O. The number of hydrogen-bond acceptors (Lipinski definition) is 4. The Labute approximate surface area is 186 Å². The minimum absolute atomic E-state index is 0.740. The lowest BCUT2D eigenvalue weighted by Crippen LogP contribution is -2.40. The quantitative estimate of drug-likeness (QED) is 0.520. The predicted molar refractivity (Wildman–Crippen MR) is 126 cm³/mol. The van der Waals surface area contributed by atoms with Crippen LogP contribution in [0.25, 0.3) is 5.69 Å². The van der Waals surface area contributed by atoms with Crippen molar-refractivity contribution in [3.8, 4) is 11.4 Å². The molecule has 164 valence electrons. The highest BCUT2D eigenvalue weighted by Gasteiger charge is 2.21. The number of likely N-dealkylation sites (tertiary alicyclic amines) is 1. The molecule has 1 aromatic heterocycles. The molecule has 0 N–H and O–H groups in total. The zero-order valence-corrected chi connectivity index (χ0v) is 18.8. The largest absolute Gasteiger partial charge is 0.497 e. The van der Waals surface area contributed by atoms with E-state index in [1.807, 2.05) is 23.1 Å². The predicted octanol–water partition coefficient (Wildman–Crippen LogP) is 4.27. The maximum atomic E-state index is 5.26. The van der Waals surface area contributed by atoms with Gasteiger partial charge in [0, 0.05) is 38.6 Å². The number of hydrogen-bond donors (Lipinski definition) is 0. The molecule has 5 heteroatoms. The highest BCUT2D eigenvalue weighted by Crippen LogP contribution is 2.20. The highest BCUT2D eigenvalue weighted by molar-refractivity contribution is 5.35. The lowest BCUT2D eigenvalue weighted by molar-refractivity contribution is 0.142. The Kier molecular flexibility index (Phi) is 7.39. The molecule has 31 heavy (non-hydrogen) atoms. The van der Waals surface area contributed by atoms with Crippen molar-refractivity contribution in [1.29, 1.82) is 0 Å². The molecule has 3 aromatic rings. The van der Waals surface area contributed by atoms with Crippen LogP contribution in [0.4, 0.5) is 0 Å². The van der Waals surface area contributed by atoms with E-state index in [9.17, 15) is 0 Å². The van der Waals surface area contributed by atoms with Gasteiger partial charge in [-0.05, 0) is 80.2 Å². The van der Waals surface area contributed by atoms with Crippen molar-refractivity contribution in [2.45, 2.75) is 25.8 Å². The van der Waals surface area contributed by atoms with E-state index in [1.54, 1.807) is 7.11 Å². The van der Waals surface area contributed by atoms with E-state index >= 15 is 0 Å². The van der Waals surface area contributed by atoms with Crippen molar-refractivity contribution < 1.29 is 4.74 Å². The van der Waals surface area contributed by atoms with Gasteiger partial charge < -0.3 is 14.5 Å². The fourth-order valence-electron chi connectivity index (χ4n) is 4.62. The van der Waals surface area contributed by atoms with Gasteiger partial charge in [0.2, 0.25) is 0 Å². The van der Waals surface area contributed by atoms with Crippen molar-refractivity contribution in [2.75, 3.05) is 40.3 Å². The van der Waals surface area contributed by atoms with E-state index in [0.29, 0.717) is 0 Å². The van der Waals surface area contributed by atoms with Gasteiger partial charge in [-0.3, -0.25) is 0 Å². The maximum Gasteiger partial charge on any atom is 0.118 e. The second-order valence-electron chi connectivity index (χ2n) is 8.72. The first-order valence-corrected chi connectivity index (χ1v) is 11.3. The smallest absolute Gasteiger partial charge is 0.118 e. The standard InChI is InChI=1S/C26H34N4O/c1-28(19-23-6-3-8-25(18-23)30-16-5-14-27-30)20-24-7-4-15-29(21-24)17-13-22-9-11-26(31-2)12-10-22/h3,5-6,8-12,14,16,18,24H,4,7,13,15,17,19-21H2,1-2H3/t24-/m1/s1. The van der Waals surface area contributed by atoms with E-state index in [-0.39, 0.29) is 0 Å². The van der Waals surface area contributed by atoms with Crippen LogP contribution in [0.2, 0.25) is 0 Å². The third-order valence-corrected chi connectivity index (χ3v) is 6.18. The molecule has 0 amide bonds. The van der Waals surface area contributed by atoms with Crippen molar-refractivity contribution in [3.05, 3.63) is 78.1 Å². The Morgan fingerprint density at radius 2 is 1.97 bits per heavy atom. The molecule has 1 fully saturated rings. The highest BCUT2D eigenvalue weighted by atomic mass is 16.5. The number of methoxy groups -OCH3 is 1. The first-order valence-electron chi connectivity index (χ1n) is 11.3. The molecule has 0 unspecified atom stereocenters. The van der Waals surface area contributed by atoms with Crippen LogP contribution < -0.4 is 4.74 Å². The van der Waals surface area contributed by atoms with Gasteiger partial charge in [-0.2, -0.15) is 5.10 Å². The first-order chi connectivity index (χ1) is 15.2. The minimum Gasteiger partial charge on any atom is -0.497 e. The molecule has 1 aliphatic heterocycles. The van der Waals surface area contributed by atoms with E-state index in [1.165, 1.54) is 37.1 Å². The summed E-state index contributed by atoms with van der Waals surface area (Å²) < 4.78 is 7.19. The van der Waals surface area contributed by atoms with Crippen LogP contribution in [-0.2, 0) is 13.0 Å². The van der Waals surface area contributed by atoms with Gasteiger partial charge in [0.15, 0.2) is 0 Å². The zero-order valence-electron chi connectivity index (χ0n) is 18.8. The van der Waals surface area contributed by atoms with Gasteiger partial charge in [-0.15, -0.1) is 0 Å². The molecule has 0 bridgehead atoms.